The number of nitrogens with two attached hydrogens (primary N) is 1. The lowest BCUT2D eigenvalue weighted by Crippen LogP contribution is -2.24. The summed E-state index contributed by atoms with van der Waals surface area (Å²) in [5.41, 5.74) is 7.63. The Hall–Kier alpha value is -2.82. The van der Waals surface area contributed by atoms with Crippen LogP contribution in [-0.4, -0.2) is 19.0 Å². The summed E-state index contributed by atoms with van der Waals surface area (Å²) in [6, 6.07) is 14.0. The first-order valence-electron chi connectivity index (χ1n) is 6.42. The van der Waals surface area contributed by atoms with Crippen LogP contribution >= 0.6 is 0 Å². The summed E-state index contributed by atoms with van der Waals surface area (Å²) in [6.45, 7) is 0.390. The van der Waals surface area contributed by atoms with Gasteiger partial charge < -0.3 is 15.8 Å². The second kappa shape index (κ2) is 6.56. The summed E-state index contributed by atoms with van der Waals surface area (Å²) in [5, 5.41) is 2.77. The first-order chi connectivity index (χ1) is 10.1. The van der Waals surface area contributed by atoms with E-state index in [1.165, 1.54) is 25.3 Å². The van der Waals surface area contributed by atoms with Gasteiger partial charge in [0.1, 0.15) is 0 Å². The molecule has 0 heterocycles. The van der Waals surface area contributed by atoms with Crippen LogP contribution in [0.2, 0.25) is 0 Å². The SMILES string of the molecule is COC(=O)c1ccc(N)c(C(=O)NCc2ccccc2)c1. The molecule has 0 fully saturated rings. The number of methoxy groups -OCH3 is 1. The van der Waals surface area contributed by atoms with Gasteiger partial charge in [-0.3, -0.25) is 4.79 Å². The Bertz CT molecular complexity index is 654. The van der Waals surface area contributed by atoms with Gasteiger partial charge in [0, 0.05) is 12.2 Å². The molecule has 3 N–H and O–H groups in total. The standard InChI is InChI=1S/C16H16N2O3/c1-21-16(20)12-7-8-14(17)13(9-12)15(19)18-10-11-5-3-2-4-6-11/h2-9H,10,17H2,1H3,(H,18,19). The highest BCUT2D eigenvalue weighted by Crippen LogP contribution is 2.15. The molecule has 0 aliphatic carbocycles. The maximum absolute atomic E-state index is 12.2. The van der Waals surface area contributed by atoms with Crippen molar-refractivity contribution in [1.29, 1.82) is 0 Å². The summed E-state index contributed by atoms with van der Waals surface area (Å²) in [6.07, 6.45) is 0. The zero-order chi connectivity index (χ0) is 15.2. The minimum absolute atomic E-state index is 0.258. The third-order valence-corrected chi connectivity index (χ3v) is 3.01. The van der Waals surface area contributed by atoms with Gasteiger partial charge in [-0.2, -0.15) is 0 Å². The number of hydrogen-bond donors (Lipinski definition) is 2. The first-order valence-corrected chi connectivity index (χ1v) is 6.42. The fourth-order valence-corrected chi connectivity index (χ4v) is 1.87. The Morgan fingerprint density at radius 2 is 1.86 bits per heavy atom. The van der Waals surface area contributed by atoms with Crippen LogP contribution in [-0.2, 0) is 11.3 Å². The van der Waals surface area contributed by atoms with Gasteiger partial charge in [-0.05, 0) is 23.8 Å². The van der Waals surface area contributed by atoms with Crippen LogP contribution in [0.4, 0.5) is 5.69 Å². The van der Waals surface area contributed by atoms with Gasteiger partial charge in [-0.25, -0.2) is 4.79 Å². The Balaban J connectivity index is 2.13. The van der Waals surface area contributed by atoms with E-state index in [-0.39, 0.29) is 17.0 Å². The second-order valence-electron chi connectivity index (χ2n) is 4.46. The average molecular weight is 284 g/mol. The van der Waals surface area contributed by atoms with Gasteiger partial charge in [0.15, 0.2) is 0 Å². The van der Waals surface area contributed by atoms with Crippen molar-refractivity contribution in [2.45, 2.75) is 6.54 Å². The molecule has 5 nitrogen and oxygen atoms in total. The molecule has 0 unspecified atom stereocenters. The number of amides is 1. The lowest BCUT2D eigenvalue weighted by molar-refractivity contribution is 0.0601. The summed E-state index contributed by atoms with van der Waals surface area (Å²) in [4.78, 5) is 23.6. The Morgan fingerprint density at radius 3 is 2.52 bits per heavy atom. The van der Waals surface area contributed by atoms with Gasteiger partial charge in [-0.1, -0.05) is 30.3 Å². The number of rotatable bonds is 4. The van der Waals surface area contributed by atoms with E-state index in [9.17, 15) is 9.59 Å². The van der Waals surface area contributed by atoms with Crippen molar-refractivity contribution in [3.05, 3.63) is 65.2 Å². The average Bonchev–Trinajstić information content (AvgIpc) is 2.53. The lowest BCUT2D eigenvalue weighted by Gasteiger charge is -2.09. The van der Waals surface area contributed by atoms with Gasteiger partial charge in [-0.15, -0.1) is 0 Å². The fraction of sp³-hybridized carbons (Fsp3) is 0.125. The van der Waals surface area contributed by atoms with Crippen molar-refractivity contribution in [1.82, 2.24) is 5.32 Å². The Labute approximate surface area is 122 Å². The number of carbonyl (C=O) groups is 2. The van der Waals surface area contributed by atoms with Crippen LogP contribution in [0.3, 0.4) is 0 Å². The van der Waals surface area contributed by atoms with Crippen LogP contribution in [0, 0.1) is 0 Å². The largest absolute Gasteiger partial charge is 0.465 e. The lowest BCUT2D eigenvalue weighted by atomic mass is 10.1. The molecular weight excluding hydrogens is 268 g/mol. The normalized spacial score (nSPS) is 9.95. The van der Waals surface area contributed by atoms with Crippen LogP contribution in [0.25, 0.3) is 0 Å². The summed E-state index contributed by atoms with van der Waals surface area (Å²) < 4.78 is 4.63. The van der Waals surface area contributed by atoms with E-state index in [0.29, 0.717) is 12.2 Å². The Morgan fingerprint density at radius 1 is 1.14 bits per heavy atom. The van der Waals surface area contributed by atoms with Crippen LogP contribution in [0.1, 0.15) is 26.3 Å². The van der Waals surface area contributed by atoms with E-state index in [1.54, 1.807) is 0 Å². The molecule has 2 rings (SSSR count). The van der Waals surface area contributed by atoms with E-state index in [2.05, 4.69) is 10.1 Å². The second-order valence-corrected chi connectivity index (χ2v) is 4.46. The maximum Gasteiger partial charge on any atom is 0.337 e. The molecule has 0 saturated carbocycles. The molecule has 0 aliphatic rings. The summed E-state index contributed by atoms with van der Waals surface area (Å²) in [7, 11) is 1.29. The number of ether oxygens (including phenoxy) is 1. The highest BCUT2D eigenvalue weighted by atomic mass is 16.5. The minimum atomic E-state index is -0.507. The molecule has 0 saturated heterocycles. The number of anilines is 1. The molecule has 0 aromatic heterocycles. The minimum Gasteiger partial charge on any atom is -0.465 e. The zero-order valence-electron chi connectivity index (χ0n) is 11.6. The number of benzene rings is 2. The van der Waals surface area contributed by atoms with Gasteiger partial charge in [0.2, 0.25) is 0 Å². The highest BCUT2D eigenvalue weighted by molar-refractivity contribution is 6.02. The topological polar surface area (TPSA) is 81.4 Å². The number of esters is 1. The molecular formula is C16H16N2O3. The Kier molecular flexibility index (Phi) is 4.56. The zero-order valence-corrected chi connectivity index (χ0v) is 11.6. The third-order valence-electron chi connectivity index (χ3n) is 3.01. The van der Waals surface area contributed by atoms with E-state index in [1.807, 2.05) is 30.3 Å². The summed E-state index contributed by atoms with van der Waals surface area (Å²) >= 11 is 0. The highest BCUT2D eigenvalue weighted by Gasteiger charge is 2.13. The molecule has 1 amide bonds. The van der Waals surface area contributed by atoms with E-state index >= 15 is 0 Å². The van der Waals surface area contributed by atoms with Crippen molar-refractivity contribution in [2.24, 2.45) is 0 Å². The maximum atomic E-state index is 12.2. The molecule has 0 aliphatic heterocycles. The smallest absolute Gasteiger partial charge is 0.337 e. The van der Waals surface area contributed by atoms with E-state index < -0.39 is 5.97 Å². The summed E-state index contributed by atoms with van der Waals surface area (Å²) in [5.74, 6) is -0.839. The molecule has 2 aromatic rings. The third kappa shape index (κ3) is 3.60. The molecule has 0 spiro atoms. The number of carbonyl (C=O) groups excluding carboxylic acids is 2. The predicted molar refractivity (Wildman–Crippen MR) is 79.8 cm³/mol. The predicted octanol–water partition coefficient (Wildman–Crippen LogP) is 1.99. The monoisotopic (exact) mass is 284 g/mol. The van der Waals surface area contributed by atoms with Crippen molar-refractivity contribution in [3.63, 3.8) is 0 Å². The number of nitrogen functional groups attached to an aromatic ring is 1. The molecule has 2 aromatic carbocycles. The van der Waals surface area contributed by atoms with Crippen LogP contribution in [0.15, 0.2) is 48.5 Å². The first kappa shape index (κ1) is 14.6. The fourth-order valence-electron chi connectivity index (χ4n) is 1.87. The van der Waals surface area contributed by atoms with Gasteiger partial charge in [0.05, 0.1) is 18.2 Å². The van der Waals surface area contributed by atoms with Crippen molar-refractivity contribution in [3.8, 4) is 0 Å². The molecule has 108 valence electrons. The molecule has 5 heteroatoms. The van der Waals surface area contributed by atoms with Crippen molar-refractivity contribution >= 4 is 17.6 Å². The van der Waals surface area contributed by atoms with Gasteiger partial charge in [0.25, 0.3) is 5.91 Å². The molecule has 0 radical (unpaired) electrons. The molecule has 0 atom stereocenters. The quantitative estimate of drug-likeness (QED) is 0.664. The van der Waals surface area contributed by atoms with Crippen LogP contribution in [0.5, 0.6) is 0 Å². The van der Waals surface area contributed by atoms with Crippen molar-refractivity contribution in [2.75, 3.05) is 12.8 Å². The van der Waals surface area contributed by atoms with E-state index in [4.69, 9.17) is 5.73 Å². The number of hydrogen-bond acceptors (Lipinski definition) is 4. The molecule has 21 heavy (non-hydrogen) atoms. The van der Waals surface area contributed by atoms with Gasteiger partial charge >= 0.3 is 5.97 Å². The van der Waals surface area contributed by atoms with E-state index in [0.717, 1.165) is 5.56 Å². The molecule has 0 bridgehead atoms. The van der Waals surface area contributed by atoms with Crippen molar-refractivity contribution < 1.29 is 14.3 Å². The number of nitrogens with one attached hydrogen (secondary N) is 1. The van der Waals surface area contributed by atoms with Crippen LogP contribution < -0.4 is 11.1 Å².